The highest BCUT2D eigenvalue weighted by molar-refractivity contribution is 7.17. The molecular formula is C19H21N5O4S. The van der Waals surface area contributed by atoms with Crippen LogP contribution >= 0.6 is 11.3 Å². The van der Waals surface area contributed by atoms with Crippen LogP contribution in [0.3, 0.4) is 0 Å². The number of anilines is 2. The first-order valence-electron chi connectivity index (χ1n) is 9.77. The van der Waals surface area contributed by atoms with Crippen molar-refractivity contribution in [2.75, 3.05) is 30.5 Å². The lowest BCUT2D eigenvalue weighted by atomic mass is 9.41. The Kier molecular flexibility index (Phi) is 3.69. The first-order chi connectivity index (χ1) is 14.1. The molecule has 29 heavy (non-hydrogen) atoms. The maximum absolute atomic E-state index is 12.5. The van der Waals surface area contributed by atoms with Gasteiger partial charge in [0.15, 0.2) is 10.9 Å². The van der Waals surface area contributed by atoms with Gasteiger partial charge in [-0.05, 0) is 25.7 Å². The van der Waals surface area contributed by atoms with Crippen molar-refractivity contribution in [3.63, 3.8) is 0 Å². The van der Waals surface area contributed by atoms with E-state index in [1.54, 1.807) is 25.7 Å². The van der Waals surface area contributed by atoms with E-state index in [2.05, 4.69) is 25.2 Å². The fourth-order valence-electron chi connectivity index (χ4n) is 5.02. The normalized spacial score (nSPS) is 33.9. The summed E-state index contributed by atoms with van der Waals surface area (Å²) in [5, 5.41) is 4.03. The number of carbonyl (C=O) groups excluding carboxylic acids is 1. The number of rotatable bonds is 6. The van der Waals surface area contributed by atoms with E-state index >= 15 is 0 Å². The van der Waals surface area contributed by atoms with Crippen LogP contribution in [0, 0.1) is 5.41 Å². The van der Waals surface area contributed by atoms with Crippen molar-refractivity contribution < 1.29 is 19.0 Å². The zero-order valence-electron chi connectivity index (χ0n) is 16.0. The van der Waals surface area contributed by atoms with Crippen molar-refractivity contribution in [3.8, 4) is 10.8 Å². The van der Waals surface area contributed by atoms with Crippen LogP contribution in [0.1, 0.15) is 25.7 Å². The predicted octanol–water partition coefficient (Wildman–Crippen LogP) is 2.21. The standard InChI is InChI=1S/C19H21N5O4S/c1-26-19-8-18(9-19,10-19)15(25)23-17-22-5-14(29-17)28-13-3-20-16(21-4-13)24-6-12-2-11(24)7-27-12/h3-5,11-12H,2,6-10H2,1H3,(H,22,23,25). The number of ether oxygens (including phenoxy) is 3. The number of nitrogens with zero attached hydrogens (tertiary/aromatic N) is 4. The largest absolute Gasteiger partial charge is 0.442 e. The minimum atomic E-state index is -0.271. The van der Waals surface area contributed by atoms with E-state index in [-0.39, 0.29) is 16.9 Å². The van der Waals surface area contributed by atoms with Crippen molar-refractivity contribution in [3.05, 3.63) is 18.6 Å². The number of hydrogen-bond donors (Lipinski definition) is 1. The lowest BCUT2D eigenvalue weighted by Gasteiger charge is -2.67. The fourth-order valence-corrected chi connectivity index (χ4v) is 5.70. The lowest BCUT2D eigenvalue weighted by molar-refractivity contribution is -0.260. The molecule has 2 aromatic rings. The van der Waals surface area contributed by atoms with Crippen molar-refractivity contribution in [2.45, 2.75) is 43.4 Å². The molecule has 2 saturated heterocycles. The Hall–Kier alpha value is -2.30. The Bertz CT molecular complexity index is 944. The second-order valence-electron chi connectivity index (χ2n) is 8.45. The highest BCUT2D eigenvalue weighted by Gasteiger charge is 2.72. The fraction of sp³-hybridized carbons (Fsp3) is 0.579. The molecule has 5 fully saturated rings. The molecule has 1 N–H and O–H groups in total. The van der Waals surface area contributed by atoms with E-state index in [0.29, 0.717) is 34.0 Å². The van der Waals surface area contributed by atoms with Gasteiger partial charge < -0.3 is 24.4 Å². The maximum Gasteiger partial charge on any atom is 0.232 e. The SMILES string of the molecule is COC12CC(C(=O)Nc3ncc(Oc4cnc(N5CC6CC5CO6)nc4)s3)(C1)C2. The van der Waals surface area contributed by atoms with Crippen LogP contribution in [-0.2, 0) is 14.3 Å². The number of amides is 1. The molecule has 0 aromatic carbocycles. The highest BCUT2D eigenvalue weighted by Crippen LogP contribution is 2.69. The summed E-state index contributed by atoms with van der Waals surface area (Å²) in [5.41, 5.74) is -0.325. The van der Waals surface area contributed by atoms with E-state index < -0.39 is 0 Å². The third kappa shape index (κ3) is 2.73. The number of morpholine rings is 1. The van der Waals surface area contributed by atoms with Gasteiger partial charge in [0.25, 0.3) is 0 Å². The van der Waals surface area contributed by atoms with Crippen LogP contribution in [0.5, 0.6) is 10.8 Å². The number of thiazole rings is 1. The monoisotopic (exact) mass is 415 g/mol. The van der Waals surface area contributed by atoms with E-state index in [0.717, 1.165) is 38.8 Å². The van der Waals surface area contributed by atoms with E-state index in [1.807, 2.05) is 0 Å². The Morgan fingerprint density at radius 1 is 1.28 bits per heavy atom. The van der Waals surface area contributed by atoms with Crippen molar-refractivity contribution in [2.24, 2.45) is 5.41 Å². The molecule has 0 radical (unpaired) electrons. The van der Waals surface area contributed by atoms with Gasteiger partial charge in [-0.2, -0.15) is 0 Å². The molecule has 9 nitrogen and oxygen atoms in total. The molecule has 4 heterocycles. The van der Waals surface area contributed by atoms with Crippen LogP contribution in [0.25, 0.3) is 0 Å². The van der Waals surface area contributed by atoms with E-state index in [1.165, 1.54) is 11.3 Å². The molecule has 5 aliphatic rings. The van der Waals surface area contributed by atoms with Gasteiger partial charge in [-0.1, -0.05) is 11.3 Å². The second-order valence-corrected chi connectivity index (χ2v) is 9.45. The zero-order chi connectivity index (χ0) is 19.6. The number of fused-ring (bicyclic) bond motifs is 2. The van der Waals surface area contributed by atoms with Gasteiger partial charge in [-0.15, -0.1) is 0 Å². The van der Waals surface area contributed by atoms with Gasteiger partial charge in [-0.3, -0.25) is 4.79 Å². The third-order valence-electron chi connectivity index (χ3n) is 6.59. The van der Waals surface area contributed by atoms with E-state index in [9.17, 15) is 4.79 Å². The molecule has 4 bridgehead atoms. The van der Waals surface area contributed by atoms with Gasteiger partial charge in [0, 0.05) is 13.7 Å². The van der Waals surface area contributed by atoms with Gasteiger partial charge in [0.1, 0.15) is 0 Å². The van der Waals surface area contributed by atoms with E-state index in [4.69, 9.17) is 14.2 Å². The summed E-state index contributed by atoms with van der Waals surface area (Å²) in [5.74, 6) is 1.27. The molecule has 2 unspecified atom stereocenters. The molecule has 3 aliphatic carbocycles. The number of nitrogens with one attached hydrogen (secondary N) is 1. The van der Waals surface area contributed by atoms with Crippen LogP contribution in [-0.4, -0.2) is 58.9 Å². The average Bonchev–Trinajstić information content (AvgIpc) is 3.38. The lowest BCUT2D eigenvalue weighted by Crippen LogP contribution is -2.72. The van der Waals surface area contributed by atoms with Crippen LogP contribution in [0.2, 0.25) is 0 Å². The first-order valence-corrected chi connectivity index (χ1v) is 10.6. The highest BCUT2D eigenvalue weighted by atomic mass is 32.1. The van der Waals surface area contributed by atoms with Crippen LogP contribution in [0.4, 0.5) is 11.1 Å². The van der Waals surface area contributed by atoms with Gasteiger partial charge in [0.05, 0.1) is 48.4 Å². The molecule has 2 aliphatic heterocycles. The molecule has 2 aromatic heterocycles. The zero-order valence-corrected chi connectivity index (χ0v) is 16.8. The molecule has 7 rings (SSSR count). The molecule has 152 valence electrons. The quantitative estimate of drug-likeness (QED) is 0.767. The summed E-state index contributed by atoms with van der Waals surface area (Å²) in [7, 11) is 1.71. The van der Waals surface area contributed by atoms with Gasteiger partial charge >= 0.3 is 0 Å². The minimum Gasteiger partial charge on any atom is -0.442 e. The van der Waals surface area contributed by atoms with Gasteiger partial charge in [-0.25, -0.2) is 15.0 Å². The third-order valence-corrected chi connectivity index (χ3v) is 7.38. The number of hydrogen-bond acceptors (Lipinski definition) is 9. The Balaban J connectivity index is 1.07. The molecule has 10 heteroatoms. The Morgan fingerprint density at radius 3 is 2.72 bits per heavy atom. The summed E-state index contributed by atoms with van der Waals surface area (Å²) in [6.45, 7) is 1.59. The smallest absolute Gasteiger partial charge is 0.232 e. The summed E-state index contributed by atoms with van der Waals surface area (Å²) >= 11 is 1.29. The summed E-state index contributed by atoms with van der Waals surface area (Å²) in [6, 6.07) is 0.374. The Morgan fingerprint density at radius 2 is 2.07 bits per heavy atom. The number of aromatic nitrogens is 3. The molecule has 1 amide bonds. The molecular weight excluding hydrogens is 394 g/mol. The predicted molar refractivity (Wildman–Crippen MR) is 104 cm³/mol. The average molecular weight is 415 g/mol. The maximum atomic E-state index is 12.5. The molecule has 2 atom stereocenters. The van der Waals surface area contributed by atoms with Crippen molar-refractivity contribution in [1.29, 1.82) is 0 Å². The summed E-state index contributed by atoms with van der Waals surface area (Å²) < 4.78 is 16.9. The van der Waals surface area contributed by atoms with Crippen molar-refractivity contribution >= 4 is 28.3 Å². The summed E-state index contributed by atoms with van der Waals surface area (Å²) in [4.78, 5) is 27.8. The minimum absolute atomic E-state index is 0.0221. The summed E-state index contributed by atoms with van der Waals surface area (Å²) in [6.07, 6.45) is 8.67. The molecule has 3 saturated carbocycles. The topological polar surface area (TPSA) is 98.7 Å². The Labute approximate surface area is 171 Å². The number of methoxy groups -OCH3 is 1. The number of carbonyl (C=O) groups is 1. The van der Waals surface area contributed by atoms with Crippen molar-refractivity contribution in [1.82, 2.24) is 15.0 Å². The first kappa shape index (κ1) is 17.5. The van der Waals surface area contributed by atoms with Gasteiger partial charge in [0.2, 0.25) is 16.9 Å². The van der Waals surface area contributed by atoms with Crippen LogP contribution < -0.4 is 15.0 Å². The molecule has 0 spiro atoms. The second kappa shape index (κ2) is 6.10. The van der Waals surface area contributed by atoms with Crippen LogP contribution in [0.15, 0.2) is 18.6 Å².